The average molecular weight is 368 g/mol. The quantitative estimate of drug-likeness (QED) is 0.761. The van der Waals surface area contributed by atoms with Gasteiger partial charge in [-0.1, -0.05) is 12.1 Å². The molecule has 0 aliphatic carbocycles. The van der Waals surface area contributed by atoms with Crippen molar-refractivity contribution in [2.45, 2.75) is 13.0 Å². The molecule has 132 valence electrons. The van der Waals surface area contributed by atoms with E-state index in [1.54, 1.807) is 25.4 Å². The first-order valence-electron chi connectivity index (χ1n) is 8.12. The van der Waals surface area contributed by atoms with E-state index < -0.39 is 0 Å². The second-order valence-corrected chi connectivity index (χ2v) is 6.71. The Morgan fingerprint density at radius 1 is 1.23 bits per heavy atom. The van der Waals surface area contributed by atoms with Crippen LogP contribution in [-0.4, -0.2) is 40.1 Å². The molecule has 3 aromatic rings. The van der Waals surface area contributed by atoms with Gasteiger partial charge in [-0.2, -0.15) is 0 Å². The second kappa shape index (κ2) is 7.09. The van der Waals surface area contributed by atoms with E-state index in [9.17, 15) is 4.79 Å². The van der Waals surface area contributed by atoms with Gasteiger partial charge in [0.05, 0.1) is 12.2 Å². The minimum Gasteiger partial charge on any atom is -0.486 e. The van der Waals surface area contributed by atoms with Gasteiger partial charge in [-0.15, -0.1) is 11.3 Å². The van der Waals surface area contributed by atoms with Crippen LogP contribution in [0, 0.1) is 6.92 Å². The lowest BCUT2D eigenvalue weighted by molar-refractivity contribution is 0.0791. The van der Waals surface area contributed by atoms with Crippen molar-refractivity contribution in [3.05, 3.63) is 53.3 Å². The summed E-state index contributed by atoms with van der Waals surface area (Å²) in [4.78, 5) is 25.8. The summed E-state index contributed by atoms with van der Waals surface area (Å²) in [5.74, 6) is 1.74. The van der Waals surface area contributed by atoms with E-state index in [1.807, 2.05) is 24.3 Å². The van der Waals surface area contributed by atoms with Crippen molar-refractivity contribution in [2.75, 3.05) is 13.2 Å². The molecule has 4 rings (SSSR count). The number of para-hydroxylation sites is 2. The van der Waals surface area contributed by atoms with Gasteiger partial charge in [-0.05, 0) is 25.1 Å². The number of aryl methyl sites for hydroxylation is 1. The Balaban J connectivity index is 1.41. The fourth-order valence-electron chi connectivity index (χ4n) is 2.56. The molecule has 0 unspecified atom stereocenters. The molecule has 26 heavy (non-hydrogen) atoms. The number of fused-ring (bicyclic) bond motifs is 1. The van der Waals surface area contributed by atoms with Crippen molar-refractivity contribution in [1.29, 1.82) is 0 Å². The highest BCUT2D eigenvalue weighted by molar-refractivity contribution is 7.17. The van der Waals surface area contributed by atoms with Crippen molar-refractivity contribution in [1.82, 2.24) is 20.3 Å². The van der Waals surface area contributed by atoms with Crippen LogP contribution in [0.1, 0.15) is 15.4 Å². The molecule has 0 saturated carbocycles. The van der Waals surface area contributed by atoms with Crippen LogP contribution in [0.25, 0.3) is 10.8 Å². The molecule has 0 saturated heterocycles. The number of amides is 1. The Morgan fingerprint density at radius 2 is 2.00 bits per heavy atom. The molecular formula is C18H16N4O3S. The van der Waals surface area contributed by atoms with E-state index in [1.165, 1.54) is 11.3 Å². The maximum absolute atomic E-state index is 12.5. The second-order valence-electron chi connectivity index (χ2n) is 5.71. The summed E-state index contributed by atoms with van der Waals surface area (Å²) in [5.41, 5.74) is 0.654. The van der Waals surface area contributed by atoms with Crippen LogP contribution in [0.4, 0.5) is 0 Å². The van der Waals surface area contributed by atoms with Crippen LogP contribution in [0.15, 0.2) is 42.7 Å². The molecule has 3 heterocycles. The summed E-state index contributed by atoms with van der Waals surface area (Å²) in [5, 5.41) is 3.52. The topological polar surface area (TPSA) is 86.2 Å². The number of ether oxygens (including phenoxy) is 2. The highest BCUT2D eigenvalue weighted by Crippen LogP contribution is 2.30. The lowest BCUT2D eigenvalue weighted by Crippen LogP contribution is -2.40. The number of hydrogen-bond donors (Lipinski definition) is 1. The van der Waals surface area contributed by atoms with E-state index in [4.69, 9.17) is 9.47 Å². The summed E-state index contributed by atoms with van der Waals surface area (Å²) >= 11 is 1.28. The molecule has 1 aliphatic rings. The number of carbonyl (C=O) groups is 1. The van der Waals surface area contributed by atoms with Crippen LogP contribution < -0.4 is 14.8 Å². The number of hydrogen-bond acceptors (Lipinski definition) is 7. The lowest BCUT2D eigenvalue weighted by Gasteiger charge is -2.26. The molecule has 0 radical (unpaired) electrons. The maximum Gasteiger partial charge on any atom is 0.263 e. The van der Waals surface area contributed by atoms with Crippen LogP contribution in [0.5, 0.6) is 11.5 Å². The minimum absolute atomic E-state index is 0.190. The van der Waals surface area contributed by atoms with Gasteiger partial charge in [0.1, 0.15) is 17.6 Å². The van der Waals surface area contributed by atoms with E-state index in [-0.39, 0.29) is 12.0 Å². The van der Waals surface area contributed by atoms with Crippen molar-refractivity contribution >= 4 is 17.2 Å². The predicted molar refractivity (Wildman–Crippen MR) is 96.6 cm³/mol. The van der Waals surface area contributed by atoms with Gasteiger partial charge in [0.15, 0.2) is 22.3 Å². The van der Waals surface area contributed by atoms with Gasteiger partial charge in [0, 0.05) is 12.4 Å². The zero-order valence-corrected chi connectivity index (χ0v) is 14.8. The molecule has 8 heteroatoms. The highest BCUT2D eigenvalue weighted by Gasteiger charge is 2.23. The minimum atomic E-state index is -0.237. The van der Waals surface area contributed by atoms with Crippen molar-refractivity contribution < 1.29 is 14.3 Å². The number of carbonyl (C=O) groups excluding carboxylic acids is 1. The van der Waals surface area contributed by atoms with Crippen LogP contribution >= 0.6 is 11.3 Å². The van der Waals surface area contributed by atoms with E-state index in [0.29, 0.717) is 40.3 Å². The number of thiazole rings is 1. The normalized spacial score (nSPS) is 15.5. The first-order valence-corrected chi connectivity index (χ1v) is 8.94. The summed E-state index contributed by atoms with van der Waals surface area (Å²) < 4.78 is 11.5. The van der Waals surface area contributed by atoms with Crippen molar-refractivity contribution in [2.24, 2.45) is 0 Å². The average Bonchev–Trinajstić information content (AvgIpc) is 3.08. The van der Waals surface area contributed by atoms with Crippen LogP contribution in [0.3, 0.4) is 0 Å². The van der Waals surface area contributed by atoms with E-state index in [0.717, 1.165) is 5.75 Å². The third-order valence-electron chi connectivity index (χ3n) is 3.82. The van der Waals surface area contributed by atoms with Gasteiger partial charge >= 0.3 is 0 Å². The monoisotopic (exact) mass is 368 g/mol. The lowest BCUT2D eigenvalue weighted by atomic mass is 10.2. The third-order valence-corrected chi connectivity index (χ3v) is 4.97. The number of nitrogens with one attached hydrogen (secondary N) is 1. The molecule has 0 spiro atoms. The van der Waals surface area contributed by atoms with Gasteiger partial charge in [-0.3, -0.25) is 4.79 Å². The maximum atomic E-state index is 12.5. The smallest absolute Gasteiger partial charge is 0.263 e. The Hall–Kier alpha value is -3.00. The third kappa shape index (κ3) is 3.36. The Morgan fingerprint density at radius 3 is 2.81 bits per heavy atom. The number of benzene rings is 1. The van der Waals surface area contributed by atoms with E-state index >= 15 is 0 Å². The largest absolute Gasteiger partial charge is 0.486 e. The van der Waals surface area contributed by atoms with Crippen molar-refractivity contribution in [3.8, 4) is 22.3 Å². The summed E-state index contributed by atoms with van der Waals surface area (Å²) in [6.45, 7) is 2.54. The summed E-state index contributed by atoms with van der Waals surface area (Å²) in [6, 6.07) is 9.23. The number of aromatic nitrogens is 3. The zero-order chi connectivity index (χ0) is 17.9. The Bertz CT molecular complexity index is 929. The molecule has 0 fully saturated rings. The van der Waals surface area contributed by atoms with Crippen LogP contribution in [-0.2, 0) is 0 Å². The molecule has 7 nitrogen and oxygen atoms in total. The fraction of sp³-hybridized carbons (Fsp3) is 0.222. The van der Waals surface area contributed by atoms with E-state index in [2.05, 4.69) is 20.3 Å². The van der Waals surface area contributed by atoms with Gasteiger partial charge in [0.25, 0.3) is 5.91 Å². The SMILES string of the molecule is Cc1nc(-c2ncccn2)sc1C(=O)NC[C@@H]1COc2ccccc2O1. The van der Waals surface area contributed by atoms with Gasteiger partial charge < -0.3 is 14.8 Å². The van der Waals surface area contributed by atoms with Crippen molar-refractivity contribution in [3.63, 3.8) is 0 Å². The van der Waals surface area contributed by atoms with Crippen LogP contribution in [0.2, 0.25) is 0 Å². The summed E-state index contributed by atoms with van der Waals surface area (Å²) in [6.07, 6.45) is 3.06. The predicted octanol–water partition coefficient (Wildman–Crippen LogP) is 2.48. The number of nitrogens with zero attached hydrogens (tertiary/aromatic N) is 3. The van der Waals surface area contributed by atoms with Gasteiger partial charge in [0.2, 0.25) is 0 Å². The molecule has 1 amide bonds. The Kier molecular flexibility index (Phi) is 4.49. The zero-order valence-electron chi connectivity index (χ0n) is 14.0. The molecule has 1 aliphatic heterocycles. The number of rotatable bonds is 4. The Labute approximate surface area is 154 Å². The highest BCUT2D eigenvalue weighted by atomic mass is 32.1. The molecular weight excluding hydrogens is 352 g/mol. The van der Waals surface area contributed by atoms with Gasteiger partial charge in [-0.25, -0.2) is 15.0 Å². The molecule has 0 bridgehead atoms. The summed E-state index contributed by atoms with van der Waals surface area (Å²) in [7, 11) is 0. The first-order chi connectivity index (χ1) is 12.7. The molecule has 1 atom stereocenters. The molecule has 1 N–H and O–H groups in total. The molecule has 2 aromatic heterocycles. The standard InChI is InChI=1S/C18H16N4O3S/c1-11-15(26-18(22-11)16-19-7-4-8-20-16)17(23)21-9-12-10-24-13-5-2-3-6-14(13)25-12/h2-8,12H,9-10H2,1H3,(H,21,23)/t12-/m1/s1. The molecule has 1 aromatic carbocycles. The fourth-order valence-corrected chi connectivity index (χ4v) is 3.49. The first kappa shape index (κ1) is 16.5.